The normalized spacial score (nSPS) is 36.5. The van der Waals surface area contributed by atoms with E-state index < -0.39 is 121 Å². The first kappa shape index (κ1) is 69.7. The Balaban J connectivity index is 0.000000143. The standard InChI is InChI=1S/C17H20NO8P.C13H20NO8P.C12H18N3O8P.C8H15O6P/c1-22-9-17-10-24-13(14(17)26-27(20,21)23-2)16(25-17)18-8-7-11-5-3-4-6-12(11)15(18)19;1-18-7-13-8-20-10(11(13)22-23(16,17)19-2)12(21-13)14-6-4-3-5-9(14)15;1-20-5-12-6-22-8(9(12)14-24(18,19)21-2)10(23-12)15-4-3-7(16)13-11(15)17;1-5-7-8(14-15(9,10)11-2)6(13-5)3-4-12-7/h3-8,13-14,16H,9-10H2,1-2H3,(H,20,21);4,6,10-12H,3,5,7-8H2,1-2H3,(H,16,17);3-4,8-10H,5-6H2,1-2H3,(H,13,16,17)(H2,14,18,19);5-8H,3-4H2,1-2H3,(H,9,10)/t13?,14-,16?,17+;10?,11-,12?,13+;8?,9-,10?,12+;5?,6-,7?,8-/m1110/s1. The van der Waals surface area contributed by atoms with Gasteiger partial charge in [0.05, 0.1) is 57.9 Å². The number of H-pyrrole nitrogens is 1. The largest absolute Gasteiger partial charge is 0.472 e. The summed E-state index contributed by atoms with van der Waals surface area (Å²) >= 11 is 0. The number of phosphoric acid groups is 3. The van der Waals surface area contributed by atoms with E-state index in [0.717, 1.165) is 38.4 Å². The third kappa shape index (κ3) is 14.7. The minimum atomic E-state index is -4.30. The number of carbonyl (C=O) groups is 1. The Hall–Kier alpha value is -3.68. The first-order valence-electron chi connectivity index (χ1n) is 27.6. The topological polar surface area (TPSA) is 425 Å². The molecule has 498 valence electrons. The van der Waals surface area contributed by atoms with Gasteiger partial charge in [-0.2, -0.15) is 0 Å². The van der Waals surface area contributed by atoms with Crippen LogP contribution in [-0.4, -0.2) is 225 Å². The number of carbonyl (C=O) groups excluding carboxylic acids is 1. The molecule has 0 radical (unpaired) electrons. The van der Waals surface area contributed by atoms with Gasteiger partial charge in [-0.05, 0) is 37.3 Å². The van der Waals surface area contributed by atoms with E-state index in [1.54, 1.807) is 30.6 Å². The van der Waals surface area contributed by atoms with Crippen molar-refractivity contribution in [2.45, 2.75) is 123 Å². The second-order valence-electron chi connectivity index (χ2n) is 21.6. The maximum atomic E-state index is 12.9. The van der Waals surface area contributed by atoms with Crippen molar-refractivity contribution < 1.29 is 126 Å². The number of aromatic nitrogens is 3. The van der Waals surface area contributed by atoms with Crippen LogP contribution in [0.5, 0.6) is 0 Å². The van der Waals surface area contributed by atoms with Crippen molar-refractivity contribution in [3.05, 3.63) is 92.3 Å². The molecule has 39 heteroatoms. The number of nitrogens with one attached hydrogen (secondary N) is 2. The highest BCUT2D eigenvalue weighted by molar-refractivity contribution is 7.50. The van der Waals surface area contributed by atoms with Crippen molar-refractivity contribution in [2.24, 2.45) is 0 Å². The van der Waals surface area contributed by atoms with E-state index >= 15 is 0 Å². The van der Waals surface area contributed by atoms with Crippen molar-refractivity contribution >= 4 is 47.9 Å². The van der Waals surface area contributed by atoms with Crippen LogP contribution >= 0.6 is 31.2 Å². The van der Waals surface area contributed by atoms with Gasteiger partial charge in [-0.3, -0.25) is 60.5 Å². The zero-order valence-corrected chi connectivity index (χ0v) is 53.0. The quantitative estimate of drug-likeness (QED) is 0.0813. The fourth-order valence-corrected chi connectivity index (χ4v) is 14.8. The molecule has 0 spiro atoms. The van der Waals surface area contributed by atoms with Crippen LogP contribution in [0.25, 0.3) is 10.8 Å². The van der Waals surface area contributed by atoms with E-state index in [4.69, 9.17) is 65.7 Å². The SMILES string of the molecule is COC[C@@]12COC(C(N3C=CCCC3=O)O1)[C@H]2OP(=O)(O)OC.COC[C@@]12COC(C(n3ccc(=O)[nH]c3=O)O1)[C@H]2NP(=O)(O)OC.COC[C@@]12COC(C(n3ccc4ccccc4c3=O)O1)[C@H]2OP(=O)(O)OC.COP(=O)(O)O[C@@H]1C2OCC[C@@H]1OC2C. The molecule has 0 saturated carbocycles. The van der Waals surface area contributed by atoms with Crippen molar-refractivity contribution in [1.82, 2.24) is 24.1 Å². The maximum absolute atomic E-state index is 12.9. The highest BCUT2D eigenvalue weighted by Gasteiger charge is 2.68. The van der Waals surface area contributed by atoms with Gasteiger partial charge in [0.15, 0.2) is 18.7 Å². The lowest BCUT2D eigenvalue weighted by atomic mass is 9.98. The zero-order chi connectivity index (χ0) is 64.5. The number of fused-ring (bicyclic) bond motifs is 9. The van der Waals surface area contributed by atoms with Gasteiger partial charge in [0, 0.05) is 92.8 Å². The lowest BCUT2D eigenvalue weighted by molar-refractivity contribution is -0.203. The fourth-order valence-electron chi connectivity index (χ4n) is 11.9. The summed E-state index contributed by atoms with van der Waals surface area (Å²) < 4.78 is 145. The van der Waals surface area contributed by atoms with Crippen LogP contribution in [0.15, 0.2) is 75.5 Å². The monoisotopic (exact) mass is 1350 g/mol. The van der Waals surface area contributed by atoms with Gasteiger partial charge >= 0.3 is 36.9 Å². The van der Waals surface area contributed by atoms with Crippen LogP contribution in [-0.2, 0) is 107 Å². The molecule has 1 aromatic carbocycles. The molecule has 6 N–H and O–H groups in total. The summed E-state index contributed by atoms with van der Waals surface area (Å²) in [5, 5.41) is 3.84. The molecule has 8 saturated heterocycles. The van der Waals surface area contributed by atoms with E-state index in [9.17, 15) is 57.0 Å². The first-order chi connectivity index (χ1) is 42.2. The number of aromatic amines is 1. The van der Waals surface area contributed by atoms with Crippen LogP contribution in [0, 0.1) is 0 Å². The number of pyridine rings is 1. The maximum Gasteiger partial charge on any atom is 0.472 e. The number of amides is 1. The lowest BCUT2D eigenvalue weighted by Crippen LogP contribution is -2.50. The Kier molecular flexibility index (Phi) is 22.0. The summed E-state index contributed by atoms with van der Waals surface area (Å²) in [5.74, 6) is -0.0983. The van der Waals surface area contributed by atoms with Crippen LogP contribution in [0.3, 0.4) is 0 Å². The third-order valence-corrected chi connectivity index (χ3v) is 20.0. The second-order valence-corrected chi connectivity index (χ2v) is 27.8. The average Bonchev–Trinajstić information content (AvgIpc) is 1.60. The lowest BCUT2D eigenvalue weighted by Gasteiger charge is -2.35. The minimum absolute atomic E-state index is 0.0662. The molecule has 0 aliphatic carbocycles. The molecular weight excluding hydrogens is 1270 g/mol. The number of hydrogen-bond acceptors (Lipinski definition) is 26. The summed E-state index contributed by atoms with van der Waals surface area (Å²) in [6, 6.07) is 9.43. The molecule has 12 unspecified atom stereocenters. The van der Waals surface area contributed by atoms with E-state index in [1.165, 1.54) is 43.1 Å². The molecule has 3 aromatic rings. The van der Waals surface area contributed by atoms with Gasteiger partial charge in [0.2, 0.25) is 5.91 Å². The smallest absolute Gasteiger partial charge is 0.382 e. The van der Waals surface area contributed by atoms with E-state index in [-0.39, 0.29) is 69.4 Å². The van der Waals surface area contributed by atoms with Gasteiger partial charge < -0.3 is 76.2 Å². The molecule has 35 nitrogen and oxygen atoms in total. The zero-order valence-electron chi connectivity index (χ0n) is 49.4. The van der Waals surface area contributed by atoms with Gasteiger partial charge in [-0.1, -0.05) is 24.3 Å². The van der Waals surface area contributed by atoms with Crippen molar-refractivity contribution in [3.8, 4) is 0 Å². The molecule has 8 fully saturated rings. The summed E-state index contributed by atoms with van der Waals surface area (Å²) in [5.41, 5.74) is -4.72. The Bertz CT molecular complexity index is 3410. The molecule has 89 heavy (non-hydrogen) atoms. The summed E-state index contributed by atoms with van der Waals surface area (Å²) in [7, 11) is -7.77. The summed E-state index contributed by atoms with van der Waals surface area (Å²) in [6.45, 7) is 3.06. The van der Waals surface area contributed by atoms with Crippen molar-refractivity contribution in [3.63, 3.8) is 0 Å². The fraction of sp³-hybridized carbons (Fsp3) is 0.680. The van der Waals surface area contributed by atoms with Gasteiger partial charge in [0.25, 0.3) is 11.1 Å². The number of allylic oxidation sites excluding steroid dienone is 1. The van der Waals surface area contributed by atoms with E-state index in [0.29, 0.717) is 31.3 Å². The molecule has 1 amide bonds. The van der Waals surface area contributed by atoms with Crippen LogP contribution < -0.4 is 21.9 Å². The molecule has 20 atom stereocenters. The Morgan fingerprint density at radius 2 is 1.18 bits per heavy atom. The summed E-state index contributed by atoms with van der Waals surface area (Å²) in [6.07, 6.45) is 0.569. The number of nitrogens with zero attached hydrogens (tertiary/aromatic N) is 3. The number of methoxy groups -OCH3 is 3. The molecule has 9 aliphatic heterocycles. The predicted molar refractivity (Wildman–Crippen MR) is 300 cm³/mol. The van der Waals surface area contributed by atoms with Crippen molar-refractivity contribution in [2.75, 3.05) is 96.0 Å². The summed E-state index contributed by atoms with van der Waals surface area (Å²) in [4.78, 5) is 90.2. The average molecular weight is 1350 g/mol. The third-order valence-electron chi connectivity index (χ3n) is 16.0. The van der Waals surface area contributed by atoms with Gasteiger partial charge in [0.1, 0.15) is 59.5 Å². The number of benzene rings is 1. The molecule has 12 rings (SSSR count). The minimum Gasteiger partial charge on any atom is -0.382 e. The van der Waals surface area contributed by atoms with Crippen LogP contribution in [0.4, 0.5) is 0 Å². The number of rotatable bonds is 21. The Labute approximate surface area is 507 Å². The number of hydrogen-bond donors (Lipinski definition) is 6. The second kappa shape index (κ2) is 28.1. The Morgan fingerprint density at radius 3 is 1.76 bits per heavy atom. The molecule has 8 bridgehead atoms. The molecule has 11 heterocycles. The van der Waals surface area contributed by atoms with Crippen LogP contribution in [0.2, 0.25) is 0 Å². The van der Waals surface area contributed by atoms with E-state index in [2.05, 4.69) is 28.2 Å². The molecule has 9 aliphatic rings. The highest BCUT2D eigenvalue weighted by atomic mass is 31.2. The van der Waals surface area contributed by atoms with Gasteiger partial charge in [-0.25, -0.2) is 28.1 Å². The number of ether oxygens (including phenoxy) is 11. The highest BCUT2D eigenvalue weighted by Crippen LogP contribution is 2.56. The van der Waals surface area contributed by atoms with Crippen LogP contribution in [0.1, 0.15) is 38.6 Å². The first-order valence-corrected chi connectivity index (χ1v) is 33.6. The molecule has 2 aromatic heterocycles. The molecular formula is C50H73N5O30P4. The van der Waals surface area contributed by atoms with Gasteiger partial charge in [-0.15, -0.1) is 0 Å². The number of phosphoric ester groups is 3. The predicted octanol–water partition coefficient (Wildman–Crippen LogP) is 1.09. The Morgan fingerprint density at radius 1 is 0.640 bits per heavy atom. The van der Waals surface area contributed by atoms with Crippen molar-refractivity contribution in [1.29, 1.82) is 0 Å². The van der Waals surface area contributed by atoms with E-state index in [1.807, 2.05) is 25.1 Å².